The molecule has 184 valence electrons. The first kappa shape index (κ1) is 24.4. The molecule has 39 heavy (non-hydrogen) atoms. The van der Waals surface area contributed by atoms with E-state index in [9.17, 15) is 5.26 Å². The SMILES string of the molecule is N#Cc1ccc(-c2nc(-c3ccc(-c4ccccc4)cc3)nc(-c3cc(Br)cc(-c4ccncc4)c3)n2)cc1. The molecule has 2 heterocycles. The summed E-state index contributed by atoms with van der Waals surface area (Å²) in [4.78, 5) is 18.7. The van der Waals surface area contributed by atoms with E-state index in [2.05, 4.69) is 63.4 Å². The van der Waals surface area contributed by atoms with Crippen LogP contribution in [0.5, 0.6) is 0 Å². The van der Waals surface area contributed by atoms with Gasteiger partial charge in [-0.15, -0.1) is 0 Å². The average molecular weight is 566 g/mol. The third kappa shape index (κ3) is 5.35. The van der Waals surface area contributed by atoms with E-state index in [1.807, 2.05) is 60.7 Å². The molecule has 5 nitrogen and oxygen atoms in total. The summed E-state index contributed by atoms with van der Waals surface area (Å²) in [5.41, 5.74) is 7.48. The van der Waals surface area contributed by atoms with Gasteiger partial charge < -0.3 is 0 Å². The van der Waals surface area contributed by atoms with Gasteiger partial charge in [0, 0.05) is 33.6 Å². The number of halogens is 1. The molecule has 0 saturated heterocycles. The third-order valence-electron chi connectivity index (χ3n) is 6.33. The lowest BCUT2D eigenvalue weighted by molar-refractivity contribution is 1.07. The van der Waals surface area contributed by atoms with Crippen molar-refractivity contribution in [3.63, 3.8) is 0 Å². The first-order chi connectivity index (χ1) is 19.2. The molecule has 0 fully saturated rings. The number of benzene rings is 4. The van der Waals surface area contributed by atoms with Crippen LogP contribution in [0.2, 0.25) is 0 Å². The molecule has 0 bridgehead atoms. The molecule has 0 spiro atoms. The van der Waals surface area contributed by atoms with Gasteiger partial charge in [-0.3, -0.25) is 4.98 Å². The Morgan fingerprint density at radius 1 is 0.487 bits per heavy atom. The molecule has 0 aliphatic carbocycles. The predicted molar refractivity (Wildman–Crippen MR) is 157 cm³/mol. The van der Waals surface area contributed by atoms with Gasteiger partial charge in [-0.05, 0) is 76.9 Å². The molecule has 0 aliphatic rings. The summed E-state index contributed by atoms with van der Waals surface area (Å²) >= 11 is 3.66. The molecule has 4 aromatic carbocycles. The highest BCUT2D eigenvalue weighted by Gasteiger charge is 2.14. The van der Waals surface area contributed by atoms with Crippen molar-refractivity contribution in [3.8, 4) is 62.5 Å². The van der Waals surface area contributed by atoms with Crippen LogP contribution in [0.3, 0.4) is 0 Å². The Morgan fingerprint density at radius 3 is 1.59 bits per heavy atom. The minimum absolute atomic E-state index is 0.539. The minimum Gasteiger partial charge on any atom is -0.265 e. The summed E-state index contributed by atoms with van der Waals surface area (Å²) in [6, 6.07) is 38.0. The van der Waals surface area contributed by atoms with Gasteiger partial charge in [-0.2, -0.15) is 5.26 Å². The summed E-state index contributed by atoms with van der Waals surface area (Å²) in [5, 5.41) is 9.24. The van der Waals surface area contributed by atoms with Crippen LogP contribution < -0.4 is 0 Å². The van der Waals surface area contributed by atoms with Crippen molar-refractivity contribution >= 4 is 15.9 Å². The second kappa shape index (κ2) is 10.8. The van der Waals surface area contributed by atoms with E-state index in [0.717, 1.165) is 43.4 Å². The molecule has 0 radical (unpaired) electrons. The molecule has 0 atom stereocenters. The van der Waals surface area contributed by atoms with Gasteiger partial charge in [0.2, 0.25) is 0 Å². The molecule has 2 aromatic heterocycles. The van der Waals surface area contributed by atoms with Crippen molar-refractivity contribution < 1.29 is 0 Å². The van der Waals surface area contributed by atoms with Crippen LogP contribution in [0.4, 0.5) is 0 Å². The number of nitriles is 1. The lowest BCUT2D eigenvalue weighted by Gasteiger charge is -2.11. The van der Waals surface area contributed by atoms with Gasteiger partial charge in [-0.1, -0.05) is 70.5 Å². The molecular formula is C33H20BrN5. The van der Waals surface area contributed by atoms with Gasteiger partial charge in [0.25, 0.3) is 0 Å². The topological polar surface area (TPSA) is 75.3 Å². The van der Waals surface area contributed by atoms with Crippen LogP contribution in [0, 0.1) is 11.3 Å². The first-order valence-electron chi connectivity index (χ1n) is 12.3. The van der Waals surface area contributed by atoms with Gasteiger partial charge in [0.1, 0.15) is 0 Å². The fourth-order valence-corrected chi connectivity index (χ4v) is 4.82. The fourth-order valence-electron chi connectivity index (χ4n) is 4.33. The molecule has 0 unspecified atom stereocenters. The zero-order chi connectivity index (χ0) is 26.6. The van der Waals surface area contributed by atoms with Gasteiger partial charge >= 0.3 is 0 Å². The Balaban J connectivity index is 1.48. The molecule has 0 aliphatic heterocycles. The summed E-state index contributed by atoms with van der Waals surface area (Å²) in [6.45, 7) is 0. The Labute approximate surface area is 234 Å². The van der Waals surface area contributed by atoms with Crippen LogP contribution in [-0.2, 0) is 0 Å². The third-order valence-corrected chi connectivity index (χ3v) is 6.79. The largest absolute Gasteiger partial charge is 0.265 e. The molecule has 6 heteroatoms. The lowest BCUT2D eigenvalue weighted by atomic mass is 10.0. The molecular weight excluding hydrogens is 546 g/mol. The highest BCUT2D eigenvalue weighted by Crippen LogP contribution is 2.31. The normalized spacial score (nSPS) is 10.7. The summed E-state index contributed by atoms with van der Waals surface area (Å²) < 4.78 is 0.918. The van der Waals surface area contributed by atoms with E-state index >= 15 is 0 Å². The standard InChI is InChI=1S/C33H20BrN5/c34-30-19-28(25-14-16-36-17-15-25)18-29(20-30)33-38-31(26-8-6-22(21-35)7-9-26)37-32(39-33)27-12-10-24(11-13-27)23-4-2-1-3-5-23/h1-20H. The highest BCUT2D eigenvalue weighted by atomic mass is 79.9. The zero-order valence-corrected chi connectivity index (χ0v) is 22.2. The predicted octanol–water partition coefficient (Wildman–Crippen LogP) is 8.24. The second-order valence-corrected chi connectivity index (χ2v) is 9.82. The first-order valence-corrected chi connectivity index (χ1v) is 13.1. The molecule has 0 amide bonds. The average Bonchev–Trinajstić information content (AvgIpc) is 3.01. The maximum atomic E-state index is 9.24. The number of hydrogen-bond acceptors (Lipinski definition) is 5. The van der Waals surface area contributed by atoms with Crippen LogP contribution in [0.15, 0.2) is 126 Å². The van der Waals surface area contributed by atoms with E-state index in [0.29, 0.717) is 23.0 Å². The summed E-state index contributed by atoms with van der Waals surface area (Å²) in [5.74, 6) is 1.67. The Hall–Kier alpha value is -4.99. The van der Waals surface area contributed by atoms with E-state index in [4.69, 9.17) is 15.0 Å². The number of hydrogen-bond donors (Lipinski definition) is 0. The Morgan fingerprint density at radius 2 is 0.974 bits per heavy atom. The van der Waals surface area contributed by atoms with E-state index < -0.39 is 0 Å². The number of rotatable bonds is 5. The van der Waals surface area contributed by atoms with Gasteiger partial charge in [0.05, 0.1) is 11.6 Å². The summed E-state index contributed by atoms with van der Waals surface area (Å²) in [7, 11) is 0. The van der Waals surface area contributed by atoms with Crippen LogP contribution >= 0.6 is 15.9 Å². The molecule has 0 saturated carbocycles. The van der Waals surface area contributed by atoms with Crippen molar-refractivity contribution in [2.75, 3.05) is 0 Å². The van der Waals surface area contributed by atoms with Crippen molar-refractivity contribution in [1.29, 1.82) is 5.26 Å². The van der Waals surface area contributed by atoms with Gasteiger partial charge in [-0.25, -0.2) is 15.0 Å². The molecule has 6 aromatic rings. The van der Waals surface area contributed by atoms with Gasteiger partial charge in [0.15, 0.2) is 17.5 Å². The number of nitrogens with zero attached hydrogens (tertiary/aromatic N) is 5. The quantitative estimate of drug-likeness (QED) is 0.210. The number of aromatic nitrogens is 4. The highest BCUT2D eigenvalue weighted by molar-refractivity contribution is 9.10. The number of pyridine rings is 1. The zero-order valence-electron chi connectivity index (χ0n) is 20.7. The Bertz CT molecular complexity index is 1800. The van der Waals surface area contributed by atoms with E-state index in [-0.39, 0.29) is 0 Å². The summed E-state index contributed by atoms with van der Waals surface area (Å²) in [6.07, 6.45) is 3.55. The van der Waals surface area contributed by atoms with Crippen LogP contribution in [-0.4, -0.2) is 19.9 Å². The monoisotopic (exact) mass is 565 g/mol. The maximum Gasteiger partial charge on any atom is 0.164 e. The lowest BCUT2D eigenvalue weighted by Crippen LogP contribution is -2.00. The van der Waals surface area contributed by atoms with Crippen LogP contribution in [0.25, 0.3) is 56.4 Å². The molecule has 0 N–H and O–H groups in total. The Kier molecular flexibility index (Phi) is 6.73. The van der Waals surface area contributed by atoms with Crippen molar-refractivity contribution in [2.45, 2.75) is 0 Å². The second-order valence-electron chi connectivity index (χ2n) is 8.90. The van der Waals surface area contributed by atoms with Crippen LogP contribution in [0.1, 0.15) is 5.56 Å². The fraction of sp³-hybridized carbons (Fsp3) is 0. The van der Waals surface area contributed by atoms with Crippen molar-refractivity contribution in [3.05, 3.63) is 132 Å². The van der Waals surface area contributed by atoms with Crippen molar-refractivity contribution in [2.24, 2.45) is 0 Å². The minimum atomic E-state index is 0.539. The van der Waals surface area contributed by atoms with Crippen molar-refractivity contribution in [1.82, 2.24) is 19.9 Å². The molecule has 6 rings (SSSR count). The smallest absolute Gasteiger partial charge is 0.164 e. The maximum absolute atomic E-state index is 9.24. The van der Waals surface area contributed by atoms with E-state index in [1.54, 1.807) is 24.5 Å². The van der Waals surface area contributed by atoms with E-state index in [1.165, 1.54) is 0 Å².